The molecule has 3 nitrogen and oxygen atoms in total. The fourth-order valence-corrected chi connectivity index (χ4v) is 3.85. The van der Waals surface area contributed by atoms with E-state index in [-0.39, 0.29) is 5.91 Å². The van der Waals surface area contributed by atoms with Gasteiger partial charge in [-0.15, -0.1) is 11.3 Å². The van der Waals surface area contributed by atoms with Crippen LogP contribution in [0.3, 0.4) is 0 Å². The highest BCUT2D eigenvalue weighted by Gasteiger charge is 2.12. The minimum Gasteiger partial charge on any atom is -0.321 e. The van der Waals surface area contributed by atoms with Gasteiger partial charge in [-0.3, -0.25) is 4.79 Å². The highest BCUT2D eigenvalue weighted by molar-refractivity contribution is 7.12. The zero-order valence-corrected chi connectivity index (χ0v) is 16.1. The summed E-state index contributed by atoms with van der Waals surface area (Å²) < 4.78 is 0. The van der Waals surface area contributed by atoms with Gasteiger partial charge in [0.2, 0.25) is 0 Å². The number of nitrogens with zero attached hydrogens (tertiary/aromatic N) is 1. The Hall–Kier alpha value is -1.88. The van der Waals surface area contributed by atoms with E-state index in [2.05, 4.69) is 17.2 Å². The summed E-state index contributed by atoms with van der Waals surface area (Å²) in [4.78, 5) is 18.3. The Kier molecular flexibility index (Phi) is 5.42. The number of carbonyl (C=O) groups excluding carboxylic acids is 1. The summed E-state index contributed by atoms with van der Waals surface area (Å²) in [5, 5.41) is 4.77. The normalized spacial score (nSPS) is 10.7. The van der Waals surface area contributed by atoms with E-state index < -0.39 is 0 Å². The average Bonchev–Trinajstić information content (AvgIpc) is 2.98. The molecule has 0 aliphatic rings. The van der Waals surface area contributed by atoms with E-state index in [1.54, 1.807) is 41.7 Å². The van der Waals surface area contributed by atoms with E-state index in [0.29, 0.717) is 21.3 Å². The lowest BCUT2D eigenvalue weighted by Gasteiger charge is -2.08. The average molecular weight is 391 g/mol. The van der Waals surface area contributed by atoms with Crippen molar-refractivity contribution in [3.8, 4) is 11.3 Å². The van der Waals surface area contributed by atoms with Crippen LogP contribution in [0.15, 0.2) is 42.5 Å². The molecule has 0 aliphatic heterocycles. The molecule has 1 aromatic heterocycles. The minimum absolute atomic E-state index is 0.221. The first-order chi connectivity index (χ1) is 12.0. The summed E-state index contributed by atoms with van der Waals surface area (Å²) in [6.45, 7) is 4.12. The molecule has 3 rings (SSSR count). The second-order valence-corrected chi connectivity index (χ2v) is 7.65. The number of hydrogen-bond donors (Lipinski definition) is 1. The molecule has 1 N–H and O–H groups in total. The highest BCUT2D eigenvalue weighted by Crippen LogP contribution is 2.29. The Morgan fingerprint density at radius 2 is 1.88 bits per heavy atom. The molecule has 1 heterocycles. The second-order valence-electron chi connectivity index (χ2n) is 5.51. The molecule has 0 aliphatic carbocycles. The number of anilines is 1. The van der Waals surface area contributed by atoms with Gasteiger partial charge < -0.3 is 5.32 Å². The fraction of sp³-hybridized carbons (Fsp3) is 0.158. The fourth-order valence-electron chi connectivity index (χ4n) is 2.50. The zero-order valence-electron chi connectivity index (χ0n) is 13.8. The molecule has 0 atom stereocenters. The quantitative estimate of drug-likeness (QED) is 0.572. The Bertz CT molecular complexity index is 920. The largest absolute Gasteiger partial charge is 0.321 e. The van der Waals surface area contributed by atoms with Crippen LogP contribution in [-0.2, 0) is 6.42 Å². The van der Waals surface area contributed by atoms with Crippen LogP contribution in [0.1, 0.15) is 27.2 Å². The van der Waals surface area contributed by atoms with Crippen LogP contribution < -0.4 is 5.32 Å². The van der Waals surface area contributed by atoms with Gasteiger partial charge in [0.25, 0.3) is 5.91 Å². The summed E-state index contributed by atoms with van der Waals surface area (Å²) in [7, 11) is 0. The molecule has 0 unspecified atom stereocenters. The number of halogens is 2. The third-order valence-electron chi connectivity index (χ3n) is 3.73. The molecule has 0 saturated heterocycles. The lowest BCUT2D eigenvalue weighted by Crippen LogP contribution is -2.12. The number of carbonyl (C=O) groups is 1. The third kappa shape index (κ3) is 4.03. The number of thiazole rings is 1. The van der Waals surface area contributed by atoms with E-state index in [4.69, 9.17) is 23.2 Å². The molecule has 0 fully saturated rings. The minimum atomic E-state index is -0.221. The van der Waals surface area contributed by atoms with Crippen molar-refractivity contribution in [2.75, 3.05) is 5.32 Å². The zero-order chi connectivity index (χ0) is 18.0. The van der Waals surface area contributed by atoms with Crippen molar-refractivity contribution >= 4 is 46.1 Å². The topological polar surface area (TPSA) is 42.0 Å². The SMILES string of the molecule is CCc1sc(C)nc1-c1ccc(C(=O)Nc2ccc(Cl)cc2Cl)cc1. The summed E-state index contributed by atoms with van der Waals surface area (Å²) in [6, 6.07) is 12.4. The van der Waals surface area contributed by atoms with Crippen molar-refractivity contribution in [3.63, 3.8) is 0 Å². The van der Waals surface area contributed by atoms with Crippen LogP contribution in [-0.4, -0.2) is 10.9 Å². The van der Waals surface area contributed by atoms with Crippen molar-refractivity contribution in [1.29, 1.82) is 0 Å². The second kappa shape index (κ2) is 7.56. The summed E-state index contributed by atoms with van der Waals surface area (Å²) in [6.07, 6.45) is 0.943. The first kappa shape index (κ1) is 17.9. The summed E-state index contributed by atoms with van der Waals surface area (Å²) >= 11 is 13.7. The summed E-state index contributed by atoms with van der Waals surface area (Å²) in [5.74, 6) is -0.221. The molecule has 0 saturated carbocycles. The first-order valence-corrected chi connectivity index (χ1v) is 9.38. The lowest BCUT2D eigenvalue weighted by atomic mass is 10.1. The van der Waals surface area contributed by atoms with E-state index in [1.807, 2.05) is 19.1 Å². The van der Waals surface area contributed by atoms with Crippen molar-refractivity contribution in [2.24, 2.45) is 0 Å². The number of aromatic nitrogens is 1. The number of aryl methyl sites for hydroxylation is 2. The molecule has 6 heteroatoms. The molecular formula is C19H16Cl2N2OS. The summed E-state index contributed by atoms with van der Waals surface area (Å²) in [5.41, 5.74) is 3.10. The molecule has 128 valence electrons. The standard InChI is InChI=1S/C19H16Cl2N2OS/c1-3-17-18(22-11(2)25-17)12-4-6-13(7-5-12)19(24)23-16-9-8-14(20)10-15(16)21/h4-10H,3H2,1-2H3,(H,23,24). The molecule has 1 amide bonds. The molecular weight excluding hydrogens is 375 g/mol. The van der Waals surface area contributed by atoms with Crippen molar-refractivity contribution in [2.45, 2.75) is 20.3 Å². The van der Waals surface area contributed by atoms with Gasteiger partial charge in [-0.1, -0.05) is 42.3 Å². The number of hydrogen-bond acceptors (Lipinski definition) is 3. The van der Waals surface area contributed by atoms with E-state index in [0.717, 1.165) is 22.7 Å². The molecule has 0 spiro atoms. The van der Waals surface area contributed by atoms with Crippen LogP contribution in [0.5, 0.6) is 0 Å². The van der Waals surface area contributed by atoms with Crippen LogP contribution in [0.25, 0.3) is 11.3 Å². The van der Waals surface area contributed by atoms with E-state index in [9.17, 15) is 4.79 Å². The van der Waals surface area contributed by atoms with Crippen molar-refractivity contribution in [3.05, 3.63) is 68.0 Å². The van der Waals surface area contributed by atoms with E-state index in [1.165, 1.54) is 4.88 Å². The van der Waals surface area contributed by atoms with Crippen LogP contribution >= 0.6 is 34.5 Å². The monoisotopic (exact) mass is 390 g/mol. The Morgan fingerprint density at radius 1 is 1.16 bits per heavy atom. The Morgan fingerprint density at radius 3 is 2.52 bits per heavy atom. The highest BCUT2D eigenvalue weighted by atomic mass is 35.5. The molecule has 2 aromatic carbocycles. The lowest BCUT2D eigenvalue weighted by molar-refractivity contribution is 0.102. The van der Waals surface area contributed by atoms with E-state index >= 15 is 0 Å². The molecule has 0 bridgehead atoms. The predicted octanol–water partition coefficient (Wildman–Crippen LogP) is 6.24. The third-order valence-corrected chi connectivity index (χ3v) is 5.39. The van der Waals surface area contributed by atoms with Gasteiger partial charge in [-0.25, -0.2) is 4.98 Å². The first-order valence-electron chi connectivity index (χ1n) is 7.81. The van der Waals surface area contributed by atoms with Crippen molar-refractivity contribution in [1.82, 2.24) is 4.98 Å². The van der Waals surface area contributed by atoms with Gasteiger partial charge in [0.05, 0.1) is 21.4 Å². The van der Waals surface area contributed by atoms with Crippen LogP contribution in [0.2, 0.25) is 10.0 Å². The number of nitrogens with one attached hydrogen (secondary N) is 1. The van der Waals surface area contributed by atoms with Crippen LogP contribution in [0.4, 0.5) is 5.69 Å². The van der Waals surface area contributed by atoms with Gasteiger partial charge in [-0.05, 0) is 43.7 Å². The Balaban J connectivity index is 1.81. The number of rotatable bonds is 4. The van der Waals surface area contributed by atoms with Gasteiger partial charge in [0.1, 0.15) is 0 Å². The predicted molar refractivity (Wildman–Crippen MR) is 106 cm³/mol. The van der Waals surface area contributed by atoms with Crippen LogP contribution in [0, 0.1) is 6.92 Å². The van der Waals surface area contributed by atoms with Gasteiger partial charge >= 0.3 is 0 Å². The maximum Gasteiger partial charge on any atom is 0.255 e. The van der Waals surface area contributed by atoms with Gasteiger partial charge in [-0.2, -0.15) is 0 Å². The molecule has 3 aromatic rings. The molecule has 0 radical (unpaired) electrons. The molecule has 25 heavy (non-hydrogen) atoms. The Labute approximate surface area is 160 Å². The number of amides is 1. The van der Waals surface area contributed by atoms with Crippen molar-refractivity contribution < 1.29 is 4.79 Å². The smallest absolute Gasteiger partial charge is 0.255 e. The number of benzene rings is 2. The maximum absolute atomic E-state index is 12.4. The van der Waals surface area contributed by atoms with Gasteiger partial charge in [0, 0.05) is 21.0 Å². The maximum atomic E-state index is 12.4. The van der Waals surface area contributed by atoms with Gasteiger partial charge in [0.15, 0.2) is 0 Å².